The van der Waals surface area contributed by atoms with Crippen LogP contribution >= 0.6 is 50.7 Å². The first-order chi connectivity index (χ1) is 7.97. The molecule has 0 aliphatic carbocycles. The fraction of sp³-hybridized carbons (Fsp3) is 0.182. The molecule has 2 aromatic rings. The van der Waals surface area contributed by atoms with Gasteiger partial charge in [0.1, 0.15) is 0 Å². The monoisotopic (exact) mass is 352 g/mol. The van der Waals surface area contributed by atoms with Crippen LogP contribution in [0.2, 0.25) is 0 Å². The lowest BCUT2D eigenvalue weighted by molar-refractivity contribution is 0.737. The van der Waals surface area contributed by atoms with Crippen LogP contribution < -0.4 is 0 Å². The lowest BCUT2D eigenvalue weighted by Gasteiger charge is -2.13. The molecule has 0 saturated carbocycles. The van der Waals surface area contributed by atoms with Crippen molar-refractivity contribution < 1.29 is 0 Å². The zero-order valence-electron chi connectivity index (χ0n) is 8.58. The van der Waals surface area contributed by atoms with Gasteiger partial charge in [0.25, 0.3) is 0 Å². The first kappa shape index (κ1) is 13.2. The van der Waals surface area contributed by atoms with Gasteiger partial charge < -0.3 is 4.57 Å². The van der Waals surface area contributed by atoms with Gasteiger partial charge >= 0.3 is 0 Å². The summed E-state index contributed by atoms with van der Waals surface area (Å²) in [5, 5.41) is 0. The highest BCUT2D eigenvalue weighted by atomic mass is 79.9. The van der Waals surface area contributed by atoms with Crippen molar-refractivity contribution in [2.45, 2.75) is 10.3 Å². The van der Waals surface area contributed by atoms with Crippen LogP contribution in [0.3, 0.4) is 0 Å². The van der Waals surface area contributed by atoms with E-state index in [1.807, 2.05) is 28.8 Å². The van der Waals surface area contributed by atoms with Gasteiger partial charge in [0, 0.05) is 23.4 Å². The Labute approximate surface area is 123 Å². The molecule has 2 nitrogen and oxygen atoms in total. The molecule has 0 amide bonds. The maximum Gasteiger partial charge on any atom is 0.248 e. The number of imidazole rings is 1. The van der Waals surface area contributed by atoms with Crippen LogP contribution in [-0.4, -0.2) is 9.55 Å². The Bertz CT molecular complexity index is 502. The van der Waals surface area contributed by atoms with Crippen molar-refractivity contribution in [3.63, 3.8) is 0 Å². The van der Waals surface area contributed by atoms with E-state index in [-0.39, 0.29) is 0 Å². The second-order valence-corrected chi connectivity index (χ2v) is 6.70. The third kappa shape index (κ3) is 3.38. The Morgan fingerprint density at radius 2 is 1.82 bits per heavy atom. The van der Waals surface area contributed by atoms with E-state index in [9.17, 15) is 0 Å². The van der Waals surface area contributed by atoms with Gasteiger partial charge in [0.15, 0.2) is 5.82 Å². The van der Waals surface area contributed by atoms with Crippen LogP contribution in [0.1, 0.15) is 11.4 Å². The molecule has 0 aliphatic rings. The average molecular weight is 354 g/mol. The van der Waals surface area contributed by atoms with E-state index in [2.05, 4.69) is 20.9 Å². The summed E-state index contributed by atoms with van der Waals surface area (Å²) in [5.41, 5.74) is 1.11. The molecule has 0 spiro atoms. The normalized spacial score (nSPS) is 11.8. The molecule has 0 N–H and O–H groups in total. The number of benzene rings is 1. The summed E-state index contributed by atoms with van der Waals surface area (Å²) in [4.78, 5) is 4.06. The Morgan fingerprint density at radius 3 is 2.41 bits per heavy atom. The molecule has 1 heterocycles. The van der Waals surface area contributed by atoms with E-state index in [0.717, 1.165) is 10.0 Å². The molecule has 0 unspecified atom stereocenters. The third-order valence-corrected chi connectivity index (χ3v) is 3.27. The van der Waals surface area contributed by atoms with Crippen molar-refractivity contribution in [1.82, 2.24) is 9.55 Å². The van der Waals surface area contributed by atoms with E-state index < -0.39 is 3.79 Å². The lowest BCUT2D eigenvalue weighted by atomic mass is 10.2. The number of rotatable bonds is 2. The van der Waals surface area contributed by atoms with E-state index in [0.29, 0.717) is 12.4 Å². The Hall–Kier alpha value is -0.220. The highest BCUT2D eigenvalue weighted by molar-refractivity contribution is 9.10. The van der Waals surface area contributed by atoms with Crippen LogP contribution in [0.4, 0.5) is 0 Å². The fourth-order valence-electron chi connectivity index (χ4n) is 1.48. The van der Waals surface area contributed by atoms with Gasteiger partial charge in [0.05, 0.1) is 0 Å². The highest BCUT2D eigenvalue weighted by Crippen LogP contribution is 2.37. The number of aromatic nitrogens is 2. The van der Waals surface area contributed by atoms with E-state index in [1.165, 1.54) is 0 Å². The molecular formula is C11H8BrCl3N2. The zero-order chi connectivity index (χ0) is 12.5. The number of hydrogen-bond donors (Lipinski definition) is 0. The first-order valence-corrected chi connectivity index (χ1v) is 6.72. The number of hydrogen-bond acceptors (Lipinski definition) is 1. The molecule has 0 bridgehead atoms. The molecule has 1 aromatic carbocycles. The fourth-order valence-corrected chi connectivity index (χ4v) is 2.22. The Balaban J connectivity index is 2.25. The maximum absolute atomic E-state index is 5.84. The number of alkyl halides is 3. The van der Waals surface area contributed by atoms with Crippen molar-refractivity contribution in [3.8, 4) is 0 Å². The van der Waals surface area contributed by atoms with Crippen molar-refractivity contribution in [2.24, 2.45) is 0 Å². The van der Waals surface area contributed by atoms with Crippen LogP contribution in [0, 0.1) is 0 Å². The molecule has 1 aromatic heterocycles. The molecule has 6 heteroatoms. The average Bonchev–Trinajstić information content (AvgIpc) is 2.69. The molecule has 0 aliphatic heterocycles. The summed E-state index contributed by atoms with van der Waals surface area (Å²) in [6, 6.07) is 7.96. The molecular weight excluding hydrogens is 346 g/mol. The van der Waals surface area contributed by atoms with E-state index >= 15 is 0 Å². The standard InChI is InChI=1S/C11H8BrCl3N2/c12-9-3-1-8(2-4-9)7-17-6-5-16-10(17)11(13,14)15/h1-6H,7H2. The molecule has 0 radical (unpaired) electrons. The third-order valence-electron chi connectivity index (χ3n) is 2.24. The van der Waals surface area contributed by atoms with Crippen molar-refractivity contribution in [1.29, 1.82) is 0 Å². The maximum atomic E-state index is 5.84. The van der Waals surface area contributed by atoms with Crippen molar-refractivity contribution >= 4 is 50.7 Å². The van der Waals surface area contributed by atoms with Crippen LogP contribution in [0.5, 0.6) is 0 Å². The van der Waals surface area contributed by atoms with Crippen LogP contribution in [-0.2, 0) is 10.3 Å². The second-order valence-electron chi connectivity index (χ2n) is 3.50. The molecule has 17 heavy (non-hydrogen) atoms. The van der Waals surface area contributed by atoms with E-state index in [4.69, 9.17) is 34.8 Å². The lowest BCUT2D eigenvalue weighted by Crippen LogP contribution is -2.12. The smallest absolute Gasteiger partial charge is 0.248 e. The molecule has 0 atom stereocenters. The molecule has 90 valence electrons. The van der Waals surface area contributed by atoms with Gasteiger partial charge in [-0.3, -0.25) is 0 Å². The Morgan fingerprint density at radius 1 is 1.18 bits per heavy atom. The van der Waals surface area contributed by atoms with Crippen LogP contribution in [0.25, 0.3) is 0 Å². The molecule has 0 saturated heterocycles. The van der Waals surface area contributed by atoms with Gasteiger partial charge in [-0.2, -0.15) is 0 Å². The number of nitrogens with zero attached hydrogens (tertiary/aromatic N) is 2. The predicted molar refractivity (Wildman–Crippen MR) is 74.7 cm³/mol. The predicted octanol–water partition coefficient (Wildman–Crippen LogP) is 4.52. The van der Waals surface area contributed by atoms with Crippen molar-refractivity contribution in [3.05, 3.63) is 52.5 Å². The van der Waals surface area contributed by atoms with Crippen LogP contribution in [0.15, 0.2) is 41.1 Å². The second kappa shape index (κ2) is 5.19. The first-order valence-electron chi connectivity index (χ1n) is 4.79. The minimum absolute atomic E-state index is 0.422. The molecule has 2 rings (SSSR count). The highest BCUT2D eigenvalue weighted by Gasteiger charge is 2.28. The number of halogens is 4. The van der Waals surface area contributed by atoms with E-state index in [1.54, 1.807) is 12.4 Å². The minimum atomic E-state index is -1.50. The summed E-state index contributed by atoms with van der Waals surface area (Å²) in [6.45, 7) is 0.622. The van der Waals surface area contributed by atoms with Gasteiger partial charge in [-0.25, -0.2) is 4.98 Å². The topological polar surface area (TPSA) is 17.8 Å². The summed E-state index contributed by atoms with van der Waals surface area (Å²) in [7, 11) is 0. The van der Waals surface area contributed by atoms with Gasteiger partial charge in [-0.15, -0.1) is 0 Å². The zero-order valence-corrected chi connectivity index (χ0v) is 12.4. The summed E-state index contributed by atoms with van der Waals surface area (Å²) in [6.07, 6.45) is 3.41. The Kier molecular flexibility index (Phi) is 4.03. The summed E-state index contributed by atoms with van der Waals surface area (Å²) < 4.78 is 1.35. The minimum Gasteiger partial charge on any atom is -0.327 e. The van der Waals surface area contributed by atoms with Crippen molar-refractivity contribution in [2.75, 3.05) is 0 Å². The summed E-state index contributed by atoms with van der Waals surface area (Å²) in [5.74, 6) is 0.422. The van der Waals surface area contributed by atoms with Gasteiger partial charge in [0.2, 0.25) is 3.79 Å². The summed E-state index contributed by atoms with van der Waals surface area (Å²) >= 11 is 20.9. The largest absolute Gasteiger partial charge is 0.327 e. The molecule has 0 fully saturated rings. The quantitative estimate of drug-likeness (QED) is 0.725. The van der Waals surface area contributed by atoms with Gasteiger partial charge in [-0.1, -0.05) is 62.9 Å². The SMILES string of the molecule is ClC(Cl)(Cl)c1nccn1Cc1ccc(Br)cc1. The van der Waals surface area contributed by atoms with Gasteiger partial charge in [-0.05, 0) is 17.7 Å².